The van der Waals surface area contributed by atoms with Crippen molar-refractivity contribution < 1.29 is 9.84 Å². The van der Waals surface area contributed by atoms with Gasteiger partial charge in [-0.15, -0.1) is 0 Å². The molecule has 1 aliphatic heterocycles. The van der Waals surface area contributed by atoms with E-state index in [4.69, 9.17) is 4.74 Å². The summed E-state index contributed by atoms with van der Waals surface area (Å²) < 4.78 is 5.28. The molecule has 96 valence electrons. The second-order valence-electron chi connectivity index (χ2n) is 4.29. The topological polar surface area (TPSA) is 74.3 Å². The summed E-state index contributed by atoms with van der Waals surface area (Å²) in [5.74, 6) is 1.68. The number of likely N-dealkylation sites (N-methyl/N-ethyl adjacent to an activating group) is 1. The third kappa shape index (κ3) is 2.83. The Bertz CT molecular complexity index is 355. The van der Waals surface area contributed by atoms with Gasteiger partial charge in [-0.05, 0) is 6.54 Å². The average Bonchev–Trinajstić information content (AvgIpc) is 2.95. The molecule has 1 aromatic rings. The van der Waals surface area contributed by atoms with E-state index in [1.165, 1.54) is 0 Å². The minimum absolute atomic E-state index is 0.0650. The van der Waals surface area contributed by atoms with Gasteiger partial charge in [-0.3, -0.25) is 10.00 Å². The van der Waals surface area contributed by atoms with Crippen LogP contribution < -0.4 is 0 Å². The Morgan fingerprint density at radius 1 is 1.47 bits per heavy atom. The summed E-state index contributed by atoms with van der Waals surface area (Å²) in [7, 11) is 0. The highest BCUT2D eigenvalue weighted by Gasteiger charge is 2.31. The molecular weight excluding hydrogens is 220 g/mol. The van der Waals surface area contributed by atoms with Crippen molar-refractivity contribution in [3.05, 3.63) is 11.6 Å². The van der Waals surface area contributed by atoms with Crippen LogP contribution in [-0.2, 0) is 17.7 Å². The number of nitrogens with one attached hydrogen (secondary N) is 1. The minimum Gasteiger partial charge on any atom is -0.389 e. The van der Waals surface area contributed by atoms with Crippen molar-refractivity contribution in [2.45, 2.75) is 39.0 Å². The molecule has 0 bridgehead atoms. The van der Waals surface area contributed by atoms with Crippen LogP contribution in [0.4, 0.5) is 0 Å². The Balaban J connectivity index is 1.99. The van der Waals surface area contributed by atoms with Crippen LogP contribution in [0.15, 0.2) is 0 Å². The summed E-state index contributed by atoms with van der Waals surface area (Å²) in [5, 5.41) is 16.9. The third-order valence-corrected chi connectivity index (χ3v) is 3.14. The van der Waals surface area contributed by atoms with Crippen LogP contribution in [0.3, 0.4) is 0 Å². The van der Waals surface area contributed by atoms with E-state index >= 15 is 0 Å². The smallest absolute Gasteiger partial charge is 0.150 e. The molecule has 1 aliphatic rings. The fraction of sp³-hybridized carbons (Fsp3) is 0.818. The van der Waals surface area contributed by atoms with Crippen LogP contribution in [0.2, 0.25) is 0 Å². The summed E-state index contributed by atoms with van der Waals surface area (Å²) in [5.41, 5.74) is 0. The Hall–Kier alpha value is -0.980. The summed E-state index contributed by atoms with van der Waals surface area (Å²) in [6, 6.07) is 0.0650. The maximum Gasteiger partial charge on any atom is 0.150 e. The fourth-order valence-corrected chi connectivity index (χ4v) is 2.10. The summed E-state index contributed by atoms with van der Waals surface area (Å²) in [4.78, 5) is 6.55. The van der Waals surface area contributed by atoms with Crippen LogP contribution in [0.5, 0.6) is 0 Å². The van der Waals surface area contributed by atoms with E-state index in [9.17, 15) is 5.11 Å². The number of hydrogen-bond acceptors (Lipinski definition) is 5. The molecule has 2 heterocycles. The van der Waals surface area contributed by atoms with Crippen LogP contribution in [-0.4, -0.2) is 57.1 Å². The molecule has 6 heteroatoms. The maximum absolute atomic E-state index is 9.81. The lowest BCUT2D eigenvalue weighted by molar-refractivity contribution is 0.0794. The minimum atomic E-state index is -0.400. The molecule has 0 spiro atoms. The molecule has 0 saturated carbocycles. The number of aromatic nitrogens is 3. The van der Waals surface area contributed by atoms with Gasteiger partial charge in [-0.25, -0.2) is 4.98 Å². The van der Waals surface area contributed by atoms with Crippen LogP contribution in [0.25, 0.3) is 0 Å². The SMILES string of the molecule is CCc1n[nH]c(CN(CC)[C@H]2COC[C@@H]2O)n1. The molecule has 0 aliphatic carbocycles. The summed E-state index contributed by atoms with van der Waals surface area (Å²) in [6.07, 6.45) is 0.432. The van der Waals surface area contributed by atoms with Gasteiger partial charge in [0.05, 0.1) is 31.9 Å². The van der Waals surface area contributed by atoms with Crippen molar-refractivity contribution in [3.8, 4) is 0 Å². The highest BCUT2D eigenvalue weighted by atomic mass is 16.5. The van der Waals surface area contributed by atoms with E-state index in [0.717, 1.165) is 24.6 Å². The number of rotatable bonds is 5. The van der Waals surface area contributed by atoms with Crippen molar-refractivity contribution in [2.24, 2.45) is 0 Å². The molecule has 2 rings (SSSR count). The highest BCUT2D eigenvalue weighted by Crippen LogP contribution is 2.15. The second-order valence-corrected chi connectivity index (χ2v) is 4.29. The van der Waals surface area contributed by atoms with E-state index in [2.05, 4.69) is 27.0 Å². The van der Waals surface area contributed by atoms with E-state index in [-0.39, 0.29) is 6.04 Å². The molecule has 2 N–H and O–H groups in total. The molecule has 1 aromatic heterocycles. The number of ether oxygens (including phenoxy) is 1. The molecule has 0 unspecified atom stereocenters. The number of aliphatic hydroxyl groups is 1. The van der Waals surface area contributed by atoms with Gasteiger partial charge in [-0.1, -0.05) is 13.8 Å². The van der Waals surface area contributed by atoms with Gasteiger partial charge >= 0.3 is 0 Å². The first kappa shape index (κ1) is 12.5. The van der Waals surface area contributed by atoms with Gasteiger partial charge in [0, 0.05) is 6.42 Å². The van der Waals surface area contributed by atoms with Crippen molar-refractivity contribution in [1.29, 1.82) is 0 Å². The maximum atomic E-state index is 9.81. The Morgan fingerprint density at radius 3 is 2.82 bits per heavy atom. The molecule has 0 amide bonds. The van der Waals surface area contributed by atoms with E-state index < -0.39 is 6.10 Å². The molecule has 1 saturated heterocycles. The fourth-order valence-electron chi connectivity index (χ4n) is 2.10. The number of H-pyrrole nitrogens is 1. The van der Waals surface area contributed by atoms with Gasteiger partial charge in [0.2, 0.25) is 0 Å². The lowest BCUT2D eigenvalue weighted by atomic mass is 10.2. The summed E-state index contributed by atoms with van der Waals surface area (Å²) in [6.45, 7) is 6.64. The molecule has 1 fully saturated rings. The Labute approximate surface area is 101 Å². The predicted octanol–water partition coefficient (Wildman–Crippen LogP) is -0.0513. The summed E-state index contributed by atoms with van der Waals surface area (Å²) >= 11 is 0. The lowest BCUT2D eigenvalue weighted by Gasteiger charge is -2.27. The number of aryl methyl sites for hydroxylation is 1. The predicted molar refractivity (Wildman–Crippen MR) is 62.5 cm³/mol. The number of hydrogen-bond donors (Lipinski definition) is 2. The third-order valence-electron chi connectivity index (χ3n) is 3.14. The van der Waals surface area contributed by atoms with E-state index in [0.29, 0.717) is 19.8 Å². The molecule has 2 atom stereocenters. The van der Waals surface area contributed by atoms with Gasteiger partial charge in [0.25, 0.3) is 0 Å². The lowest BCUT2D eigenvalue weighted by Crippen LogP contribution is -2.42. The van der Waals surface area contributed by atoms with Crippen LogP contribution in [0, 0.1) is 0 Å². The van der Waals surface area contributed by atoms with Crippen molar-refractivity contribution in [3.63, 3.8) is 0 Å². The normalized spacial score (nSPS) is 24.7. The molecule has 17 heavy (non-hydrogen) atoms. The van der Waals surface area contributed by atoms with Crippen molar-refractivity contribution in [1.82, 2.24) is 20.1 Å². The first-order chi connectivity index (χ1) is 8.24. The standard InChI is InChI=1S/C11H20N4O2/c1-3-10-12-11(14-13-10)5-15(4-2)8-6-17-7-9(8)16/h8-9,16H,3-7H2,1-2H3,(H,12,13,14)/t8-,9-/m0/s1. The van der Waals surface area contributed by atoms with Crippen molar-refractivity contribution >= 4 is 0 Å². The monoisotopic (exact) mass is 240 g/mol. The van der Waals surface area contributed by atoms with Crippen LogP contribution >= 0.6 is 0 Å². The van der Waals surface area contributed by atoms with E-state index in [1.807, 2.05) is 6.92 Å². The average molecular weight is 240 g/mol. The Kier molecular flexibility index (Phi) is 4.09. The second kappa shape index (κ2) is 5.57. The highest BCUT2D eigenvalue weighted by molar-refractivity contribution is 4.92. The molecule has 0 radical (unpaired) electrons. The van der Waals surface area contributed by atoms with Gasteiger partial charge in [-0.2, -0.15) is 5.10 Å². The zero-order valence-corrected chi connectivity index (χ0v) is 10.4. The zero-order chi connectivity index (χ0) is 12.3. The van der Waals surface area contributed by atoms with Gasteiger partial charge < -0.3 is 9.84 Å². The number of nitrogens with zero attached hydrogens (tertiary/aromatic N) is 3. The van der Waals surface area contributed by atoms with Crippen molar-refractivity contribution in [2.75, 3.05) is 19.8 Å². The molecule has 0 aromatic carbocycles. The quantitative estimate of drug-likeness (QED) is 0.754. The number of aromatic amines is 1. The van der Waals surface area contributed by atoms with Gasteiger partial charge in [0.1, 0.15) is 11.6 Å². The molecule has 6 nitrogen and oxygen atoms in total. The molecular formula is C11H20N4O2. The van der Waals surface area contributed by atoms with E-state index in [1.54, 1.807) is 0 Å². The van der Waals surface area contributed by atoms with Crippen LogP contribution in [0.1, 0.15) is 25.5 Å². The first-order valence-electron chi connectivity index (χ1n) is 6.14. The first-order valence-corrected chi connectivity index (χ1v) is 6.14. The Morgan fingerprint density at radius 2 is 2.29 bits per heavy atom. The number of aliphatic hydroxyl groups excluding tert-OH is 1. The zero-order valence-electron chi connectivity index (χ0n) is 10.4. The largest absolute Gasteiger partial charge is 0.389 e. The van der Waals surface area contributed by atoms with Gasteiger partial charge in [0.15, 0.2) is 0 Å².